The summed E-state index contributed by atoms with van der Waals surface area (Å²) in [5.41, 5.74) is -0.00363. The van der Waals surface area contributed by atoms with E-state index in [1.165, 1.54) is 0 Å². The van der Waals surface area contributed by atoms with E-state index in [9.17, 15) is 4.79 Å². The van der Waals surface area contributed by atoms with Crippen LogP contribution >= 0.6 is 0 Å². The number of carbonyl (C=O) groups is 1. The van der Waals surface area contributed by atoms with Crippen LogP contribution in [0.1, 0.15) is 13.8 Å². The highest BCUT2D eigenvalue weighted by Gasteiger charge is 2.39. The monoisotopic (exact) mass is 189 g/mol. The van der Waals surface area contributed by atoms with Gasteiger partial charge in [-0.25, -0.2) is 0 Å². The Balaban J connectivity index is 2.37. The van der Waals surface area contributed by atoms with E-state index >= 15 is 0 Å². The highest BCUT2D eigenvalue weighted by molar-refractivity contribution is 5.82. The molecule has 2 nitrogen and oxygen atoms in total. The van der Waals surface area contributed by atoms with E-state index in [1.807, 2.05) is 18.4 Å². The molecule has 3 atom stereocenters. The second-order valence-electron chi connectivity index (χ2n) is 4.22. The van der Waals surface area contributed by atoms with Crippen LogP contribution < -0.4 is 5.32 Å². The van der Waals surface area contributed by atoms with E-state index in [-0.39, 0.29) is 23.2 Å². The Labute approximate surface area is 84.4 Å². The van der Waals surface area contributed by atoms with Crippen LogP contribution in [0.15, 0.2) is 36.6 Å². The predicted octanol–water partition coefficient (Wildman–Crippen LogP) is 1.81. The lowest BCUT2D eigenvalue weighted by molar-refractivity contribution is -0.120. The molecule has 2 heteroatoms. The van der Waals surface area contributed by atoms with Gasteiger partial charge in [0.1, 0.15) is 0 Å². The summed E-state index contributed by atoms with van der Waals surface area (Å²) in [5.74, 6) is 0.445. The topological polar surface area (TPSA) is 29.1 Å². The van der Waals surface area contributed by atoms with Gasteiger partial charge in [-0.3, -0.25) is 4.79 Å². The predicted molar refractivity (Wildman–Crippen MR) is 56.6 cm³/mol. The second-order valence-corrected chi connectivity index (χ2v) is 4.22. The van der Waals surface area contributed by atoms with E-state index in [2.05, 4.69) is 30.5 Å². The normalized spacial score (nSPS) is 39.0. The molecule has 14 heavy (non-hydrogen) atoms. The van der Waals surface area contributed by atoms with Crippen LogP contribution in [0.3, 0.4) is 0 Å². The summed E-state index contributed by atoms with van der Waals surface area (Å²) in [6.45, 7) is 3.80. The Hall–Kier alpha value is -1.31. The van der Waals surface area contributed by atoms with Crippen molar-refractivity contribution in [2.24, 2.45) is 11.3 Å². The van der Waals surface area contributed by atoms with E-state index in [4.69, 9.17) is 0 Å². The van der Waals surface area contributed by atoms with Gasteiger partial charge in [0.05, 0.1) is 6.04 Å². The van der Waals surface area contributed by atoms with Crippen LogP contribution in [0.2, 0.25) is 0 Å². The van der Waals surface area contributed by atoms with Crippen molar-refractivity contribution in [3.8, 4) is 0 Å². The lowest BCUT2D eigenvalue weighted by Gasteiger charge is -2.40. The summed E-state index contributed by atoms with van der Waals surface area (Å²) >= 11 is 0. The molecule has 0 saturated carbocycles. The lowest BCUT2D eigenvalue weighted by Crippen LogP contribution is -2.48. The fourth-order valence-electron chi connectivity index (χ4n) is 2.21. The third-order valence-electron chi connectivity index (χ3n) is 3.12. The number of hydrogen-bond acceptors (Lipinski definition) is 2. The number of allylic oxidation sites excluding steroid dienone is 4. The van der Waals surface area contributed by atoms with Gasteiger partial charge in [-0.2, -0.15) is 0 Å². The molecule has 0 bridgehead atoms. The van der Waals surface area contributed by atoms with Crippen LogP contribution in [0.25, 0.3) is 0 Å². The van der Waals surface area contributed by atoms with Gasteiger partial charge in [-0.1, -0.05) is 37.3 Å². The zero-order valence-corrected chi connectivity index (χ0v) is 8.53. The van der Waals surface area contributed by atoms with Crippen LogP contribution in [-0.2, 0) is 4.79 Å². The van der Waals surface area contributed by atoms with Crippen molar-refractivity contribution in [1.82, 2.24) is 5.32 Å². The number of hydrogen-bond donors (Lipinski definition) is 1. The van der Waals surface area contributed by atoms with Crippen LogP contribution in [-0.4, -0.2) is 11.8 Å². The number of carbonyl (C=O) groups excluding carboxylic acids is 1. The number of fused-ring (bicyclic) bond motifs is 1. The second kappa shape index (κ2) is 3.12. The summed E-state index contributed by atoms with van der Waals surface area (Å²) < 4.78 is 0. The summed E-state index contributed by atoms with van der Waals surface area (Å²) in [7, 11) is 0. The van der Waals surface area contributed by atoms with Crippen molar-refractivity contribution >= 4 is 5.78 Å². The summed E-state index contributed by atoms with van der Waals surface area (Å²) in [4.78, 5) is 11.4. The molecule has 0 spiro atoms. The Bertz CT molecular complexity index is 340. The van der Waals surface area contributed by atoms with E-state index in [0.29, 0.717) is 0 Å². The summed E-state index contributed by atoms with van der Waals surface area (Å²) in [6, 6.07) is -0.0776. The Morgan fingerprint density at radius 2 is 2.14 bits per heavy atom. The van der Waals surface area contributed by atoms with E-state index < -0.39 is 0 Å². The Morgan fingerprint density at radius 3 is 2.86 bits per heavy atom. The van der Waals surface area contributed by atoms with E-state index in [0.717, 1.165) is 0 Å². The minimum Gasteiger partial charge on any atom is -0.381 e. The van der Waals surface area contributed by atoms with Crippen LogP contribution in [0.4, 0.5) is 0 Å². The zero-order chi connectivity index (χ0) is 10.2. The average molecular weight is 189 g/mol. The van der Waals surface area contributed by atoms with Gasteiger partial charge in [0, 0.05) is 11.3 Å². The number of ketones is 1. The van der Waals surface area contributed by atoms with Crippen LogP contribution in [0, 0.1) is 11.3 Å². The standard InChI is InChI=1S/C12H15NO/c1-9(14)11-10-5-3-4-6-12(10,2)7-8-13-11/h3-8,10-11,13H,1-2H3. The molecule has 0 fully saturated rings. The van der Waals surface area contributed by atoms with Crippen molar-refractivity contribution in [3.63, 3.8) is 0 Å². The van der Waals surface area contributed by atoms with Crippen LogP contribution in [0.5, 0.6) is 0 Å². The van der Waals surface area contributed by atoms with Gasteiger partial charge < -0.3 is 5.32 Å². The van der Waals surface area contributed by atoms with Crippen molar-refractivity contribution in [1.29, 1.82) is 0 Å². The molecule has 0 saturated heterocycles. The molecular weight excluding hydrogens is 174 g/mol. The molecule has 1 heterocycles. The van der Waals surface area contributed by atoms with Gasteiger partial charge >= 0.3 is 0 Å². The largest absolute Gasteiger partial charge is 0.381 e. The maximum Gasteiger partial charge on any atom is 0.152 e. The first-order valence-corrected chi connectivity index (χ1v) is 4.94. The first kappa shape index (κ1) is 9.25. The molecule has 1 N–H and O–H groups in total. The van der Waals surface area contributed by atoms with Gasteiger partial charge in [0.2, 0.25) is 0 Å². The Kier molecular flexibility index (Phi) is 2.06. The molecule has 2 rings (SSSR count). The molecule has 0 amide bonds. The smallest absolute Gasteiger partial charge is 0.152 e. The number of Topliss-reactive ketones (excluding diaryl/α,β-unsaturated/α-hetero) is 1. The molecule has 2 aliphatic rings. The van der Waals surface area contributed by atoms with Crippen molar-refractivity contribution in [2.45, 2.75) is 19.9 Å². The number of rotatable bonds is 1. The van der Waals surface area contributed by atoms with Gasteiger partial charge in [0.15, 0.2) is 5.78 Å². The first-order valence-electron chi connectivity index (χ1n) is 4.94. The summed E-state index contributed by atoms with van der Waals surface area (Å²) in [5, 5.41) is 3.13. The van der Waals surface area contributed by atoms with Gasteiger partial charge in [0.25, 0.3) is 0 Å². The van der Waals surface area contributed by atoms with Crippen molar-refractivity contribution < 1.29 is 4.79 Å². The third-order valence-corrected chi connectivity index (χ3v) is 3.12. The molecular formula is C12H15NO. The SMILES string of the molecule is CC(=O)C1NC=CC2(C)C=CC=CC12. The minimum absolute atomic E-state index is 0.00363. The maximum absolute atomic E-state index is 11.4. The maximum atomic E-state index is 11.4. The molecule has 1 aliphatic carbocycles. The number of nitrogens with one attached hydrogen (secondary N) is 1. The van der Waals surface area contributed by atoms with Crippen molar-refractivity contribution in [3.05, 3.63) is 36.6 Å². The molecule has 0 aromatic rings. The van der Waals surface area contributed by atoms with E-state index in [1.54, 1.807) is 6.92 Å². The third kappa shape index (κ3) is 1.31. The summed E-state index contributed by atoms with van der Waals surface area (Å²) in [6.07, 6.45) is 12.4. The highest BCUT2D eigenvalue weighted by Crippen LogP contribution is 2.38. The van der Waals surface area contributed by atoms with Gasteiger partial charge in [-0.15, -0.1) is 0 Å². The lowest BCUT2D eigenvalue weighted by atomic mass is 9.68. The molecule has 74 valence electrons. The fraction of sp³-hybridized carbons (Fsp3) is 0.417. The minimum atomic E-state index is -0.0776. The average Bonchev–Trinajstić information content (AvgIpc) is 2.15. The highest BCUT2D eigenvalue weighted by atomic mass is 16.1. The molecule has 0 aromatic carbocycles. The molecule has 0 aromatic heterocycles. The molecule has 3 unspecified atom stereocenters. The van der Waals surface area contributed by atoms with Gasteiger partial charge in [-0.05, 0) is 13.1 Å². The fourth-order valence-corrected chi connectivity index (χ4v) is 2.21. The first-order chi connectivity index (χ1) is 6.63. The zero-order valence-electron chi connectivity index (χ0n) is 8.53. The Morgan fingerprint density at radius 1 is 1.36 bits per heavy atom. The molecule has 1 aliphatic heterocycles. The quantitative estimate of drug-likeness (QED) is 0.681. The molecule has 0 radical (unpaired) electrons. The van der Waals surface area contributed by atoms with Crippen molar-refractivity contribution in [2.75, 3.05) is 0 Å².